The lowest BCUT2D eigenvalue weighted by Crippen LogP contribution is -2.21. The first kappa shape index (κ1) is 19.8. The maximum Gasteiger partial charge on any atom is 0.323 e. The highest BCUT2D eigenvalue weighted by atomic mass is 35.5. The van der Waals surface area contributed by atoms with Crippen LogP contribution >= 0.6 is 11.6 Å². The summed E-state index contributed by atoms with van der Waals surface area (Å²) in [4.78, 5) is 17.0. The molecule has 0 spiro atoms. The van der Waals surface area contributed by atoms with Gasteiger partial charge in [-0.25, -0.2) is 13.6 Å². The number of pyridine rings is 1. The van der Waals surface area contributed by atoms with Crippen LogP contribution in [0.2, 0.25) is 5.02 Å². The molecule has 0 aliphatic rings. The van der Waals surface area contributed by atoms with Crippen LogP contribution in [0.1, 0.15) is 5.56 Å². The standard InChI is InChI=1S/C23H16ClF2N3O/c1-13-5-4-8-19-21(13)22(15-6-2-3-7-16(15)24)20(12-27-19)29-23(30)28-18-10-9-14(25)11-17(18)26/h2-12H,1H3,(H2,28,29,30). The van der Waals surface area contributed by atoms with Gasteiger partial charge in [0.15, 0.2) is 0 Å². The number of rotatable bonds is 3. The smallest absolute Gasteiger partial charge is 0.306 e. The Bertz CT molecular complexity index is 1280. The van der Waals surface area contributed by atoms with Crippen molar-refractivity contribution in [2.45, 2.75) is 6.92 Å². The molecule has 0 radical (unpaired) electrons. The molecule has 0 saturated heterocycles. The molecule has 30 heavy (non-hydrogen) atoms. The second kappa shape index (κ2) is 8.08. The van der Waals surface area contributed by atoms with Crippen LogP contribution in [0.3, 0.4) is 0 Å². The Morgan fingerprint density at radius 3 is 2.50 bits per heavy atom. The van der Waals surface area contributed by atoms with E-state index in [2.05, 4.69) is 15.6 Å². The number of nitrogens with one attached hydrogen (secondary N) is 2. The molecule has 0 aliphatic carbocycles. The molecule has 4 nitrogen and oxygen atoms in total. The number of nitrogens with zero attached hydrogens (tertiary/aromatic N) is 1. The number of benzene rings is 3. The molecule has 1 heterocycles. The number of aryl methyl sites for hydroxylation is 1. The van der Waals surface area contributed by atoms with E-state index in [9.17, 15) is 13.6 Å². The van der Waals surface area contributed by atoms with Crippen molar-refractivity contribution in [1.29, 1.82) is 0 Å². The normalized spacial score (nSPS) is 10.8. The molecule has 0 fully saturated rings. The number of carbonyl (C=O) groups is 1. The van der Waals surface area contributed by atoms with Gasteiger partial charge in [0.2, 0.25) is 0 Å². The summed E-state index contributed by atoms with van der Waals surface area (Å²) in [6.45, 7) is 1.95. The van der Waals surface area contributed by atoms with E-state index in [-0.39, 0.29) is 5.69 Å². The summed E-state index contributed by atoms with van der Waals surface area (Å²) in [5.41, 5.74) is 3.41. The Labute approximate surface area is 176 Å². The fourth-order valence-corrected chi connectivity index (χ4v) is 3.55. The third-order valence-electron chi connectivity index (χ3n) is 4.67. The van der Waals surface area contributed by atoms with Crippen molar-refractivity contribution in [3.63, 3.8) is 0 Å². The summed E-state index contributed by atoms with van der Waals surface area (Å²) in [5.74, 6) is -1.60. The van der Waals surface area contributed by atoms with Crippen molar-refractivity contribution in [2.24, 2.45) is 0 Å². The van der Waals surface area contributed by atoms with Gasteiger partial charge in [-0.05, 0) is 36.8 Å². The highest BCUT2D eigenvalue weighted by Gasteiger charge is 2.17. The van der Waals surface area contributed by atoms with Crippen LogP contribution in [-0.4, -0.2) is 11.0 Å². The maximum atomic E-state index is 13.9. The van der Waals surface area contributed by atoms with Crippen molar-refractivity contribution < 1.29 is 13.6 Å². The van der Waals surface area contributed by atoms with E-state index in [1.54, 1.807) is 6.07 Å². The molecule has 0 bridgehead atoms. The molecule has 7 heteroatoms. The highest BCUT2D eigenvalue weighted by Crippen LogP contribution is 2.39. The molecule has 1 aromatic heterocycles. The van der Waals surface area contributed by atoms with Crippen molar-refractivity contribution in [3.05, 3.63) is 89.1 Å². The van der Waals surface area contributed by atoms with Crippen molar-refractivity contribution in [1.82, 2.24) is 4.98 Å². The predicted octanol–water partition coefficient (Wildman–Crippen LogP) is 6.79. The third kappa shape index (κ3) is 3.82. The van der Waals surface area contributed by atoms with Crippen molar-refractivity contribution >= 4 is 39.9 Å². The first-order chi connectivity index (χ1) is 14.4. The largest absolute Gasteiger partial charge is 0.323 e. The molecule has 0 atom stereocenters. The Morgan fingerprint density at radius 2 is 1.73 bits per heavy atom. The van der Waals surface area contributed by atoms with Gasteiger partial charge in [0.1, 0.15) is 11.6 Å². The Balaban J connectivity index is 1.79. The average molecular weight is 424 g/mol. The Hall–Kier alpha value is -3.51. The second-order valence-corrected chi connectivity index (χ2v) is 7.11. The zero-order valence-electron chi connectivity index (χ0n) is 15.8. The second-order valence-electron chi connectivity index (χ2n) is 6.70. The van der Waals surface area contributed by atoms with E-state index in [0.717, 1.165) is 34.2 Å². The fourth-order valence-electron chi connectivity index (χ4n) is 3.32. The number of hydrogen-bond acceptors (Lipinski definition) is 2. The summed E-state index contributed by atoms with van der Waals surface area (Å²) >= 11 is 6.45. The lowest BCUT2D eigenvalue weighted by Gasteiger charge is -2.17. The summed E-state index contributed by atoms with van der Waals surface area (Å²) in [7, 11) is 0. The molecular formula is C23H16ClF2N3O. The Kier molecular flexibility index (Phi) is 5.33. The minimum absolute atomic E-state index is 0.141. The predicted molar refractivity (Wildman–Crippen MR) is 116 cm³/mol. The van der Waals surface area contributed by atoms with Gasteiger partial charge < -0.3 is 10.6 Å². The number of halogens is 3. The maximum absolute atomic E-state index is 13.9. The molecule has 150 valence electrons. The van der Waals surface area contributed by atoms with Gasteiger partial charge in [-0.15, -0.1) is 0 Å². The van der Waals surface area contributed by atoms with E-state index in [1.807, 2.05) is 43.3 Å². The zero-order valence-corrected chi connectivity index (χ0v) is 16.6. The van der Waals surface area contributed by atoms with Gasteiger partial charge in [-0.1, -0.05) is 41.9 Å². The minimum Gasteiger partial charge on any atom is -0.306 e. The number of urea groups is 1. The topological polar surface area (TPSA) is 54.0 Å². The van der Waals surface area contributed by atoms with Crippen LogP contribution in [0.15, 0.2) is 66.9 Å². The minimum atomic E-state index is -0.871. The molecule has 0 saturated carbocycles. The molecule has 4 rings (SSSR count). The van der Waals surface area contributed by atoms with Gasteiger partial charge in [0.25, 0.3) is 0 Å². The summed E-state index contributed by atoms with van der Waals surface area (Å²) in [5, 5.41) is 6.46. The lowest BCUT2D eigenvalue weighted by molar-refractivity contribution is 0.262. The van der Waals surface area contributed by atoms with Crippen LogP contribution in [-0.2, 0) is 0 Å². The SMILES string of the molecule is Cc1cccc2ncc(NC(=O)Nc3ccc(F)cc3F)c(-c3ccccc3Cl)c12. The van der Waals surface area contributed by atoms with Crippen LogP contribution in [0.4, 0.5) is 25.0 Å². The summed E-state index contributed by atoms with van der Waals surface area (Å²) in [6, 6.07) is 15.2. The zero-order chi connectivity index (χ0) is 21.3. The molecule has 0 aliphatic heterocycles. The number of carbonyl (C=O) groups excluding carboxylic acids is 1. The Morgan fingerprint density at radius 1 is 0.967 bits per heavy atom. The van der Waals surface area contributed by atoms with E-state index in [4.69, 9.17) is 11.6 Å². The molecular weight excluding hydrogens is 408 g/mol. The van der Waals surface area contributed by atoms with Gasteiger partial charge in [-0.2, -0.15) is 0 Å². The molecule has 0 unspecified atom stereocenters. The monoisotopic (exact) mass is 423 g/mol. The van der Waals surface area contributed by atoms with E-state index in [0.29, 0.717) is 22.3 Å². The van der Waals surface area contributed by atoms with Gasteiger partial charge in [0.05, 0.1) is 23.1 Å². The first-order valence-electron chi connectivity index (χ1n) is 9.10. The number of anilines is 2. The van der Waals surface area contributed by atoms with Gasteiger partial charge in [-0.3, -0.25) is 4.98 Å². The summed E-state index contributed by atoms with van der Waals surface area (Å²) in [6.07, 6.45) is 1.53. The van der Waals surface area contributed by atoms with E-state index >= 15 is 0 Å². The van der Waals surface area contributed by atoms with Crippen LogP contribution in [0.25, 0.3) is 22.0 Å². The number of amides is 2. The first-order valence-corrected chi connectivity index (χ1v) is 9.48. The fraction of sp³-hybridized carbons (Fsp3) is 0.0435. The lowest BCUT2D eigenvalue weighted by atomic mass is 9.96. The molecule has 2 N–H and O–H groups in total. The van der Waals surface area contributed by atoms with Crippen LogP contribution < -0.4 is 10.6 Å². The molecule has 2 amide bonds. The van der Waals surface area contributed by atoms with Crippen molar-refractivity contribution in [3.8, 4) is 11.1 Å². The van der Waals surface area contributed by atoms with E-state index in [1.165, 1.54) is 6.20 Å². The number of fused-ring (bicyclic) bond motifs is 1. The number of hydrogen-bond donors (Lipinski definition) is 2. The molecule has 3 aromatic carbocycles. The van der Waals surface area contributed by atoms with Gasteiger partial charge in [0, 0.05) is 27.6 Å². The molecule has 4 aromatic rings. The highest BCUT2D eigenvalue weighted by molar-refractivity contribution is 6.34. The van der Waals surface area contributed by atoms with Gasteiger partial charge >= 0.3 is 6.03 Å². The average Bonchev–Trinajstić information content (AvgIpc) is 2.71. The third-order valence-corrected chi connectivity index (χ3v) is 5.00. The van der Waals surface area contributed by atoms with Crippen LogP contribution in [0, 0.1) is 18.6 Å². The van der Waals surface area contributed by atoms with Crippen molar-refractivity contribution in [2.75, 3.05) is 10.6 Å². The van der Waals surface area contributed by atoms with E-state index < -0.39 is 17.7 Å². The quantitative estimate of drug-likeness (QED) is 0.381. The number of aromatic nitrogens is 1. The van der Waals surface area contributed by atoms with Crippen LogP contribution in [0.5, 0.6) is 0 Å². The summed E-state index contributed by atoms with van der Waals surface area (Å²) < 4.78 is 27.0.